The van der Waals surface area contributed by atoms with Crippen molar-refractivity contribution in [2.24, 2.45) is 0 Å². The van der Waals surface area contributed by atoms with Crippen molar-refractivity contribution in [1.82, 2.24) is 0 Å². The van der Waals surface area contributed by atoms with E-state index in [0.717, 1.165) is 11.3 Å². The third-order valence-electron chi connectivity index (χ3n) is 4.51. The van der Waals surface area contributed by atoms with E-state index in [2.05, 4.69) is 5.32 Å². The fourth-order valence-corrected chi connectivity index (χ4v) is 6.48. The summed E-state index contributed by atoms with van der Waals surface area (Å²) in [5.41, 5.74) is 0.993. The average molecular weight is 474 g/mol. The molecule has 0 saturated carbocycles. The maximum absolute atomic E-state index is 12.9. The first-order valence-corrected chi connectivity index (χ1v) is 12.0. The van der Waals surface area contributed by atoms with Crippen LogP contribution >= 0.6 is 22.9 Å². The first kappa shape index (κ1) is 22.4. The number of halogens is 1. The van der Waals surface area contributed by atoms with Crippen LogP contribution in [-0.4, -0.2) is 46.9 Å². The highest BCUT2D eigenvalue weighted by Crippen LogP contribution is 2.40. The average Bonchev–Trinajstić information content (AvgIpc) is 3.02. The van der Waals surface area contributed by atoms with Gasteiger partial charge in [0.15, 0.2) is 21.3 Å². The summed E-state index contributed by atoms with van der Waals surface area (Å²) in [7, 11) is -0.394. The third-order valence-corrected chi connectivity index (χ3v) is 7.67. The molecule has 0 radical (unpaired) electrons. The van der Waals surface area contributed by atoms with E-state index in [-0.39, 0.29) is 51.4 Å². The molecule has 0 spiro atoms. The van der Waals surface area contributed by atoms with E-state index in [1.807, 2.05) is 0 Å². The van der Waals surface area contributed by atoms with Gasteiger partial charge < -0.3 is 19.5 Å². The molecular weight excluding hydrogens is 454 g/mol. The number of esters is 1. The van der Waals surface area contributed by atoms with Crippen LogP contribution in [0.2, 0.25) is 5.02 Å². The summed E-state index contributed by atoms with van der Waals surface area (Å²) in [5.74, 6) is -0.795. The number of hydrogen-bond acceptors (Lipinski definition) is 8. The smallest absolute Gasteiger partial charge is 0.341 e. The molecular formula is C19H20ClNO7S2. The van der Waals surface area contributed by atoms with E-state index in [9.17, 15) is 18.0 Å². The second-order valence-corrected chi connectivity index (χ2v) is 10.1. The van der Waals surface area contributed by atoms with Crippen molar-refractivity contribution in [3.8, 4) is 11.5 Å². The van der Waals surface area contributed by atoms with Crippen molar-refractivity contribution in [3.05, 3.63) is 38.7 Å². The molecule has 0 saturated heterocycles. The Morgan fingerprint density at radius 1 is 1.23 bits per heavy atom. The first-order chi connectivity index (χ1) is 14.2. The van der Waals surface area contributed by atoms with Crippen molar-refractivity contribution in [2.45, 2.75) is 19.1 Å². The normalized spacial score (nSPS) is 14.5. The van der Waals surface area contributed by atoms with Gasteiger partial charge in [0.05, 0.1) is 42.9 Å². The number of sulfone groups is 1. The Kier molecular flexibility index (Phi) is 6.59. The van der Waals surface area contributed by atoms with Gasteiger partial charge in [0.25, 0.3) is 5.91 Å². The van der Waals surface area contributed by atoms with Crippen molar-refractivity contribution >= 4 is 49.7 Å². The topological polar surface area (TPSA) is 108 Å². The number of fused-ring (bicyclic) bond motifs is 1. The maximum atomic E-state index is 12.9. The lowest BCUT2D eigenvalue weighted by molar-refractivity contribution is 0.0527. The number of nitrogens with one attached hydrogen (secondary N) is 1. The second kappa shape index (κ2) is 8.83. The molecule has 1 N–H and O–H groups in total. The van der Waals surface area contributed by atoms with Crippen LogP contribution < -0.4 is 14.8 Å². The van der Waals surface area contributed by atoms with E-state index in [1.165, 1.54) is 26.4 Å². The molecule has 1 aliphatic heterocycles. The Morgan fingerprint density at radius 2 is 1.97 bits per heavy atom. The van der Waals surface area contributed by atoms with E-state index < -0.39 is 21.7 Å². The molecule has 8 nitrogen and oxygen atoms in total. The molecule has 30 heavy (non-hydrogen) atoms. The van der Waals surface area contributed by atoms with Crippen LogP contribution in [-0.2, 0) is 26.7 Å². The molecule has 1 aromatic carbocycles. The van der Waals surface area contributed by atoms with Gasteiger partial charge in [-0.1, -0.05) is 11.6 Å². The van der Waals surface area contributed by atoms with Crippen LogP contribution in [0.1, 0.15) is 38.1 Å². The van der Waals surface area contributed by atoms with Crippen molar-refractivity contribution in [3.63, 3.8) is 0 Å². The van der Waals surface area contributed by atoms with Gasteiger partial charge in [-0.15, -0.1) is 11.3 Å². The number of thiophene rings is 1. The number of benzene rings is 1. The number of anilines is 1. The van der Waals surface area contributed by atoms with E-state index in [0.29, 0.717) is 16.2 Å². The zero-order valence-corrected chi connectivity index (χ0v) is 18.9. The van der Waals surface area contributed by atoms with Crippen molar-refractivity contribution in [1.29, 1.82) is 0 Å². The van der Waals surface area contributed by atoms with Crippen molar-refractivity contribution < 1.29 is 32.2 Å². The fourth-order valence-electron chi connectivity index (χ4n) is 3.15. The van der Waals surface area contributed by atoms with Gasteiger partial charge in [0.2, 0.25) is 0 Å². The van der Waals surface area contributed by atoms with Crippen LogP contribution in [0.4, 0.5) is 5.00 Å². The molecule has 0 aliphatic carbocycles. The Hall–Kier alpha value is -2.30. The Morgan fingerprint density at radius 3 is 2.60 bits per heavy atom. The zero-order valence-electron chi connectivity index (χ0n) is 16.5. The lowest BCUT2D eigenvalue weighted by Gasteiger charge is -2.13. The van der Waals surface area contributed by atoms with Gasteiger partial charge in [-0.05, 0) is 31.0 Å². The van der Waals surface area contributed by atoms with Crippen LogP contribution in [0.5, 0.6) is 11.5 Å². The highest BCUT2D eigenvalue weighted by molar-refractivity contribution is 7.90. The molecule has 11 heteroatoms. The summed E-state index contributed by atoms with van der Waals surface area (Å²) in [5, 5.41) is 3.12. The number of carbonyl (C=O) groups excluding carboxylic acids is 2. The van der Waals surface area contributed by atoms with E-state index in [1.54, 1.807) is 6.92 Å². The number of hydrogen-bond donors (Lipinski definition) is 1. The second-order valence-electron chi connectivity index (χ2n) is 6.42. The van der Waals surface area contributed by atoms with Crippen LogP contribution in [0.25, 0.3) is 0 Å². The largest absolute Gasteiger partial charge is 0.493 e. The first-order valence-electron chi connectivity index (χ1n) is 8.95. The lowest BCUT2D eigenvalue weighted by atomic mass is 10.1. The third kappa shape index (κ3) is 4.40. The zero-order chi connectivity index (χ0) is 22.1. The molecule has 0 fully saturated rings. The maximum Gasteiger partial charge on any atom is 0.341 e. The summed E-state index contributed by atoms with van der Waals surface area (Å²) < 4.78 is 39.5. The van der Waals surface area contributed by atoms with Gasteiger partial charge in [-0.2, -0.15) is 0 Å². The minimum Gasteiger partial charge on any atom is -0.493 e. The summed E-state index contributed by atoms with van der Waals surface area (Å²) in [6, 6.07) is 2.88. The molecule has 2 aromatic rings. The van der Waals surface area contributed by atoms with E-state index in [4.69, 9.17) is 25.8 Å². The molecule has 0 bridgehead atoms. The summed E-state index contributed by atoms with van der Waals surface area (Å²) in [6.07, 6.45) is 0.195. The lowest BCUT2D eigenvalue weighted by Crippen LogP contribution is -2.20. The predicted molar refractivity (Wildman–Crippen MR) is 114 cm³/mol. The Balaban J connectivity index is 2.00. The van der Waals surface area contributed by atoms with Crippen LogP contribution in [0.15, 0.2) is 12.1 Å². The van der Waals surface area contributed by atoms with Gasteiger partial charge >= 0.3 is 5.97 Å². The standard InChI is InChI=1S/C19H20ClNO7S2/c1-4-28-19(23)15-11-5-6-30(24,25)9-14(11)29-18(15)21-17(22)10-7-12(20)16(27-3)13(8-10)26-2/h7-8H,4-6,9H2,1-3H3,(H,21,22). The monoisotopic (exact) mass is 473 g/mol. The Bertz CT molecular complexity index is 1110. The van der Waals surface area contributed by atoms with Gasteiger partial charge in [-0.3, -0.25) is 4.79 Å². The molecule has 3 rings (SSSR count). The molecule has 0 unspecified atom stereocenters. The number of carbonyl (C=O) groups is 2. The predicted octanol–water partition coefficient (Wildman–Crippen LogP) is 3.32. The van der Waals surface area contributed by atoms with E-state index >= 15 is 0 Å². The molecule has 162 valence electrons. The van der Waals surface area contributed by atoms with Gasteiger partial charge in [0, 0.05) is 10.4 Å². The van der Waals surface area contributed by atoms with Crippen molar-refractivity contribution in [2.75, 3.05) is 31.9 Å². The minimum absolute atomic E-state index is 0.0538. The molecule has 1 amide bonds. The number of ether oxygens (including phenoxy) is 3. The van der Waals surface area contributed by atoms with Crippen LogP contribution in [0.3, 0.4) is 0 Å². The minimum atomic E-state index is -3.24. The SMILES string of the molecule is CCOC(=O)c1c(NC(=O)c2cc(Cl)c(OC)c(OC)c2)sc2c1CCS(=O)(=O)C2. The molecule has 1 aromatic heterocycles. The number of methoxy groups -OCH3 is 2. The molecule has 1 aliphatic rings. The Labute approximate surface area is 183 Å². The van der Waals surface area contributed by atoms with Gasteiger partial charge in [-0.25, -0.2) is 13.2 Å². The highest BCUT2D eigenvalue weighted by Gasteiger charge is 2.32. The summed E-state index contributed by atoms with van der Waals surface area (Å²) in [6.45, 7) is 1.82. The number of amides is 1. The summed E-state index contributed by atoms with van der Waals surface area (Å²) in [4.78, 5) is 26.0. The van der Waals surface area contributed by atoms with Gasteiger partial charge in [0.1, 0.15) is 5.00 Å². The molecule has 0 atom stereocenters. The fraction of sp³-hybridized carbons (Fsp3) is 0.368. The van der Waals surface area contributed by atoms with Crippen LogP contribution in [0, 0.1) is 0 Å². The highest BCUT2D eigenvalue weighted by atomic mass is 35.5. The quantitative estimate of drug-likeness (QED) is 0.641. The molecule has 2 heterocycles. The summed E-state index contributed by atoms with van der Waals surface area (Å²) >= 11 is 7.24. The number of rotatable bonds is 6.